The predicted molar refractivity (Wildman–Crippen MR) is 68.2 cm³/mol. The molecule has 0 bridgehead atoms. The summed E-state index contributed by atoms with van der Waals surface area (Å²) in [5.41, 5.74) is 3.07. The highest BCUT2D eigenvalue weighted by Gasteiger charge is 2.52. The largest absolute Gasteiger partial charge is 0.385 e. The Morgan fingerprint density at radius 2 is 2.19 bits per heavy atom. The Labute approximate surface area is 97.8 Å². The van der Waals surface area contributed by atoms with Crippen LogP contribution in [0.5, 0.6) is 0 Å². The Balaban J connectivity index is 2.23. The zero-order valence-electron chi connectivity index (χ0n) is 10.3. The van der Waals surface area contributed by atoms with Gasteiger partial charge < -0.3 is 5.11 Å². The van der Waals surface area contributed by atoms with E-state index >= 15 is 0 Å². The average Bonchev–Trinajstić information content (AvgIpc) is 2.95. The summed E-state index contributed by atoms with van der Waals surface area (Å²) in [6.45, 7) is 6.29. The van der Waals surface area contributed by atoms with Crippen LogP contribution in [0.4, 0.5) is 0 Å². The smallest absolute Gasteiger partial charge is 0.0890 e. The van der Waals surface area contributed by atoms with Crippen molar-refractivity contribution in [1.29, 1.82) is 0 Å². The van der Waals surface area contributed by atoms with Crippen LogP contribution in [0.2, 0.25) is 0 Å². The summed E-state index contributed by atoms with van der Waals surface area (Å²) in [4.78, 5) is 0. The van der Waals surface area contributed by atoms with Crippen molar-refractivity contribution in [3.05, 3.63) is 41.0 Å². The molecule has 2 atom stereocenters. The molecule has 0 heterocycles. The first-order chi connectivity index (χ1) is 7.58. The van der Waals surface area contributed by atoms with Crippen molar-refractivity contribution in [3.63, 3.8) is 0 Å². The molecule has 1 saturated carbocycles. The van der Waals surface area contributed by atoms with Gasteiger partial charge >= 0.3 is 0 Å². The first-order valence-electron chi connectivity index (χ1n) is 6.04. The Morgan fingerprint density at radius 1 is 1.50 bits per heavy atom. The maximum absolute atomic E-state index is 10.3. The molecule has 0 aliphatic heterocycles. The summed E-state index contributed by atoms with van der Waals surface area (Å²) < 4.78 is 0. The van der Waals surface area contributed by atoms with Crippen LogP contribution in [0.3, 0.4) is 0 Å². The second kappa shape index (κ2) is 4.06. The van der Waals surface area contributed by atoms with Crippen molar-refractivity contribution < 1.29 is 5.11 Å². The van der Waals surface area contributed by atoms with Crippen LogP contribution in [0.15, 0.2) is 29.8 Å². The monoisotopic (exact) mass is 216 g/mol. The molecule has 0 amide bonds. The lowest BCUT2D eigenvalue weighted by Gasteiger charge is -2.11. The molecule has 0 aromatic heterocycles. The highest BCUT2D eigenvalue weighted by molar-refractivity contribution is 5.59. The van der Waals surface area contributed by atoms with E-state index in [1.165, 1.54) is 11.1 Å². The molecule has 16 heavy (non-hydrogen) atoms. The van der Waals surface area contributed by atoms with Crippen LogP contribution in [0.1, 0.15) is 37.8 Å². The topological polar surface area (TPSA) is 20.2 Å². The molecule has 0 spiro atoms. The Kier molecular flexibility index (Phi) is 2.90. The molecule has 1 fully saturated rings. The molecule has 86 valence electrons. The van der Waals surface area contributed by atoms with Crippen LogP contribution in [-0.2, 0) is 0 Å². The van der Waals surface area contributed by atoms with Crippen LogP contribution < -0.4 is 0 Å². The Hall–Kier alpha value is -1.08. The second-order valence-corrected chi connectivity index (χ2v) is 4.92. The highest BCUT2D eigenvalue weighted by Crippen LogP contribution is 2.51. The average molecular weight is 216 g/mol. The van der Waals surface area contributed by atoms with Crippen molar-refractivity contribution in [2.45, 2.75) is 39.2 Å². The zero-order valence-corrected chi connectivity index (χ0v) is 10.3. The first kappa shape index (κ1) is 11.4. The van der Waals surface area contributed by atoms with Crippen LogP contribution in [-0.4, -0.2) is 10.7 Å². The molecule has 2 unspecified atom stereocenters. The molecule has 1 aliphatic carbocycles. The van der Waals surface area contributed by atoms with Gasteiger partial charge in [0.15, 0.2) is 0 Å². The number of benzene rings is 1. The number of hydrogen-bond acceptors (Lipinski definition) is 1. The molecule has 1 heteroatoms. The lowest BCUT2D eigenvalue weighted by Crippen LogP contribution is -2.12. The predicted octanol–water partition coefficient (Wildman–Crippen LogP) is 3.56. The number of aliphatic hydroxyl groups is 1. The molecule has 1 aromatic carbocycles. The summed E-state index contributed by atoms with van der Waals surface area (Å²) >= 11 is 0. The third-order valence-corrected chi connectivity index (χ3v) is 3.81. The summed E-state index contributed by atoms with van der Waals surface area (Å²) in [5, 5.41) is 10.3. The molecule has 1 N–H and O–H groups in total. The summed E-state index contributed by atoms with van der Waals surface area (Å²) in [5.74, 6) is 0.466. The quantitative estimate of drug-likeness (QED) is 0.819. The van der Waals surface area contributed by atoms with Gasteiger partial charge in [-0.25, -0.2) is 0 Å². The minimum Gasteiger partial charge on any atom is -0.385 e. The van der Waals surface area contributed by atoms with Gasteiger partial charge in [-0.1, -0.05) is 43.7 Å². The van der Waals surface area contributed by atoms with Crippen molar-refractivity contribution in [1.82, 2.24) is 0 Å². The second-order valence-electron chi connectivity index (χ2n) is 4.92. The first-order valence-corrected chi connectivity index (χ1v) is 6.04. The van der Waals surface area contributed by atoms with Gasteiger partial charge in [-0.15, -0.1) is 0 Å². The van der Waals surface area contributed by atoms with E-state index in [2.05, 4.69) is 32.1 Å². The third kappa shape index (κ3) is 1.92. The SMILES string of the molecule is CCC1CC1(O)/C(C)=C/c1ccccc1C. The van der Waals surface area contributed by atoms with Crippen molar-refractivity contribution in [3.8, 4) is 0 Å². The molecule has 1 aromatic rings. The van der Waals surface area contributed by atoms with Gasteiger partial charge in [0.05, 0.1) is 5.60 Å². The number of rotatable bonds is 3. The van der Waals surface area contributed by atoms with E-state index in [1.807, 2.05) is 19.1 Å². The lowest BCUT2D eigenvalue weighted by atomic mass is 10.0. The lowest BCUT2D eigenvalue weighted by molar-refractivity contribution is 0.169. The molecule has 0 radical (unpaired) electrons. The van der Waals surface area contributed by atoms with Crippen molar-refractivity contribution >= 4 is 6.08 Å². The van der Waals surface area contributed by atoms with Crippen LogP contribution in [0.25, 0.3) is 6.08 Å². The number of aryl methyl sites for hydroxylation is 1. The fourth-order valence-electron chi connectivity index (χ4n) is 2.39. The molecule has 1 nitrogen and oxygen atoms in total. The van der Waals surface area contributed by atoms with Gasteiger partial charge in [-0.3, -0.25) is 0 Å². The van der Waals surface area contributed by atoms with E-state index in [4.69, 9.17) is 0 Å². The maximum Gasteiger partial charge on any atom is 0.0890 e. The van der Waals surface area contributed by atoms with E-state index in [0.29, 0.717) is 5.92 Å². The van der Waals surface area contributed by atoms with Gasteiger partial charge in [0, 0.05) is 0 Å². The van der Waals surface area contributed by atoms with Crippen LogP contribution in [0, 0.1) is 12.8 Å². The van der Waals surface area contributed by atoms with E-state index in [9.17, 15) is 5.11 Å². The Morgan fingerprint density at radius 3 is 2.75 bits per heavy atom. The molecular formula is C15H20O. The van der Waals surface area contributed by atoms with Gasteiger partial charge in [0.2, 0.25) is 0 Å². The van der Waals surface area contributed by atoms with Gasteiger partial charge in [-0.2, -0.15) is 0 Å². The molecule has 0 saturated heterocycles. The molecule has 1 aliphatic rings. The minimum atomic E-state index is -0.517. The van der Waals surface area contributed by atoms with Gasteiger partial charge in [0.25, 0.3) is 0 Å². The standard InChI is InChI=1S/C15H20O/c1-4-14-10-15(14,16)12(3)9-13-8-6-5-7-11(13)2/h5-9,14,16H,4,10H2,1-3H3/b12-9+. The van der Waals surface area contributed by atoms with E-state index < -0.39 is 5.60 Å². The number of hydrogen-bond donors (Lipinski definition) is 1. The van der Waals surface area contributed by atoms with Crippen molar-refractivity contribution in [2.75, 3.05) is 0 Å². The zero-order chi connectivity index (χ0) is 11.8. The fourth-order valence-corrected chi connectivity index (χ4v) is 2.39. The molecule has 2 rings (SSSR count). The van der Waals surface area contributed by atoms with E-state index in [0.717, 1.165) is 18.4 Å². The summed E-state index contributed by atoms with van der Waals surface area (Å²) in [6, 6.07) is 8.29. The summed E-state index contributed by atoms with van der Waals surface area (Å²) in [6.07, 6.45) is 4.12. The fraction of sp³-hybridized carbons (Fsp3) is 0.467. The van der Waals surface area contributed by atoms with E-state index in [-0.39, 0.29) is 0 Å². The Bertz CT molecular complexity index is 419. The normalized spacial score (nSPS) is 29.2. The van der Waals surface area contributed by atoms with Crippen LogP contribution >= 0.6 is 0 Å². The highest BCUT2D eigenvalue weighted by atomic mass is 16.3. The van der Waals surface area contributed by atoms with Gasteiger partial charge in [-0.05, 0) is 42.9 Å². The minimum absolute atomic E-state index is 0.466. The van der Waals surface area contributed by atoms with Gasteiger partial charge in [0.1, 0.15) is 0 Å². The van der Waals surface area contributed by atoms with Crippen molar-refractivity contribution in [2.24, 2.45) is 5.92 Å². The summed E-state index contributed by atoms with van der Waals surface area (Å²) in [7, 11) is 0. The maximum atomic E-state index is 10.3. The molecular weight excluding hydrogens is 196 g/mol. The van der Waals surface area contributed by atoms with E-state index in [1.54, 1.807) is 0 Å². The third-order valence-electron chi connectivity index (χ3n) is 3.81.